The van der Waals surface area contributed by atoms with Gasteiger partial charge in [-0.3, -0.25) is 0 Å². The summed E-state index contributed by atoms with van der Waals surface area (Å²) in [6.07, 6.45) is 4.91. The van der Waals surface area contributed by atoms with Gasteiger partial charge in [0.1, 0.15) is 0 Å². The van der Waals surface area contributed by atoms with Crippen molar-refractivity contribution in [3.05, 3.63) is 0 Å². The molecule has 0 aromatic heterocycles. The highest BCUT2D eigenvalue weighted by Crippen LogP contribution is 1.86. The molecule has 0 N–H and O–H groups in total. The smallest absolute Gasteiger partial charge is 0.144 e. The van der Waals surface area contributed by atoms with Crippen molar-refractivity contribution in [1.29, 1.82) is 0 Å². The zero-order valence-corrected chi connectivity index (χ0v) is 5.19. The van der Waals surface area contributed by atoms with E-state index in [4.69, 9.17) is 6.42 Å². The summed E-state index contributed by atoms with van der Waals surface area (Å²) >= 11 is 2.17. The second kappa shape index (κ2) is 2.58. The topological polar surface area (TPSA) is 0 Å². The minimum atomic E-state index is 0.382. The van der Waals surface area contributed by atoms with Crippen molar-refractivity contribution >= 4 is 26.9 Å². The van der Waals surface area contributed by atoms with E-state index in [1.165, 1.54) is 0 Å². The molecule has 0 aromatic rings. The lowest BCUT2D eigenvalue weighted by Crippen LogP contribution is -1.84. The molecule has 0 saturated carbocycles. The first-order valence-electron chi connectivity index (χ1n) is 1.37. The van der Waals surface area contributed by atoms with Gasteiger partial charge in [-0.15, -0.1) is 34.6 Å². The predicted octanol–water partition coefficient (Wildman–Crippen LogP) is 1.22. The molecular formula is C3H4BI. The molecule has 0 fully saturated rings. The molecule has 2 heteroatoms. The van der Waals surface area contributed by atoms with Crippen LogP contribution in [0, 0.1) is 12.2 Å². The van der Waals surface area contributed by atoms with Crippen LogP contribution in [0.15, 0.2) is 0 Å². The molecule has 0 heterocycles. The quantitative estimate of drug-likeness (QED) is 0.297. The maximum absolute atomic E-state index is 4.91. The molecule has 5 heavy (non-hydrogen) atoms. The first-order valence-corrected chi connectivity index (χ1v) is 2.62. The highest BCUT2D eigenvalue weighted by molar-refractivity contribution is 14.1. The molecule has 0 spiro atoms. The van der Waals surface area contributed by atoms with Gasteiger partial charge in [0, 0.05) is 0 Å². The van der Waals surface area contributed by atoms with Crippen LogP contribution in [-0.2, 0) is 0 Å². The third-order valence-corrected chi connectivity index (χ3v) is 0.589. The van der Waals surface area contributed by atoms with Gasteiger partial charge in [0.2, 0.25) is 0 Å². The highest BCUT2D eigenvalue weighted by atomic mass is 127. The SMILES string of the molecule is C#CB(C)I. The Kier molecular flexibility index (Phi) is 2.77. The Balaban J connectivity index is 2.94. The Bertz CT molecular complexity index is 52.4. The summed E-state index contributed by atoms with van der Waals surface area (Å²) in [6.45, 7) is 1.97. The van der Waals surface area contributed by atoms with Crippen LogP contribution in [0.25, 0.3) is 0 Å². The summed E-state index contributed by atoms with van der Waals surface area (Å²) in [7, 11) is 0. The third kappa shape index (κ3) is 4.35. The molecule has 26 valence electrons. The molecular weight excluding hydrogens is 174 g/mol. The van der Waals surface area contributed by atoms with Gasteiger partial charge in [0.15, 0.2) is 0 Å². The summed E-state index contributed by atoms with van der Waals surface area (Å²) in [4.78, 5) is 0. The minimum Gasteiger partial charge on any atom is -0.144 e. The fourth-order valence-electron chi connectivity index (χ4n) is 0. The van der Waals surface area contributed by atoms with Gasteiger partial charge in [-0.2, -0.15) is 0 Å². The van der Waals surface area contributed by atoms with Gasteiger partial charge in [-0.25, -0.2) is 0 Å². The van der Waals surface area contributed by atoms with Crippen LogP contribution in [0.1, 0.15) is 0 Å². The van der Waals surface area contributed by atoms with Crippen molar-refractivity contribution < 1.29 is 0 Å². The van der Waals surface area contributed by atoms with E-state index in [1.807, 2.05) is 6.82 Å². The van der Waals surface area contributed by atoms with Gasteiger partial charge >= 0.3 is 0 Å². The van der Waals surface area contributed by atoms with Crippen LogP contribution in [0.2, 0.25) is 6.82 Å². The highest BCUT2D eigenvalue weighted by Gasteiger charge is 1.86. The molecule has 0 aromatic carbocycles. The lowest BCUT2D eigenvalue weighted by molar-refractivity contribution is 2.31. The van der Waals surface area contributed by atoms with E-state index < -0.39 is 0 Å². The molecule has 0 radical (unpaired) electrons. The third-order valence-electron chi connectivity index (χ3n) is 0.230. The molecule has 0 nitrogen and oxygen atoms in total. The minimum absolute atomic E-state index is 0.382. The maximum Gasteiger partial charge on any atom is 0.298 e. The summed E-state index contributed by atoms with van der Waals surface area (Å²) in [6, 6.07) is 0. The number of rotatable bonds is 0. The zero-order valence-electron chi connectivity index (χ0n) is 3.03. The van der Waals surface area contributed by atoms with Crippen molar-refractivity contribution in [3.63, 3.8) is 0 Å². The lowest BCUT2D eigenvalue weighted by Gasteiger charge is -1.70. The van der Waals surface area contributed by atoms with E-state index in [0.717, 1.165) is 0 Å². The second-order valence-electron chi connectivity index (χ2n) is 0.783. The Labute approximate surface area is 46.3 Å². The van der Waals surface area contributed by atoms with Crippen LogP contribution < -0.4 is 0 Å². The van der Waals surface area contributed by atoms with E-state index in [2.05, 4.69) is 28.2 Å². The first-order chi connectivity index (χ1) is 2.27. The number of hydrogen-bond acceptors (Lipinski definition) is 0. The van der Waals surface area contributed by atoms with E-state index in [1.54, 1.807) is 0 Å². The molecule has 0 amide bonds. The van der Waals surface area contributed by atoms with Crippen molar-refractivity contribution in [2.45, 2.75) is 6.82 Å². The molecule has 0 unspecified atom stereocenters. The standard InChI is InChI=1S/C3H4BI/c1-3-4(2)5/h1H,2H3. The van der Waals surface area contributed by atoms with E-state index in [0.29, 0.717) is 4.57 Å². The molecule has 0 rings (SSSR count). The Morgan fingerprint density at radius 1 is 2.00 bits per heavy atom. The van der Waals surface area contributed by atoms with Gasteiger partial charge in [0.05, 0.1) is 0 Å². The summed E-state index contributed by atoms with van der Waals surface area (Å²) in [5, 5.41) is 0. The number of terminal acetylenes is 1. The van der Waals surface area contributed by atoms with Crippen molar-refractivity contribution in [2.24, 2.45) is 0 Å². The van der Waals surface area contributed by atoms with E-state index in [-0.39, 0.29) is 0 Å². The van der Waals surface area contributed by atoms with Crippen LogP contribution in [0.4, 0.5) is 0 Å². The predicted molar refractivity (Wildman–Crippen MR) is 34.5 cm³/mol. The molecule has 0 atom stereocenters. The van der Waals surface area contributed by atoms with E-state index in [9.17, 15) is 0 Å². The molecule has 0 bridgehead atoms. The van der Waals surface area contributed by atoms with Gasteiger partial charge in [-0.05, 0) is 0 Å². The summed E-state index contributed by atoms with van der Waals surface area (Å²) < 4.78 is 0.382. The molecule has 0 aliphatic rings. The molecule has 0 aliphatic heterocycles. The first kappa shape index (κ1) is 5.35. The summed E-state index contributed by atoms with van der Waals surface area (Å²) in [5.41, 5.74) is 0. The van der Waals surface area contributed by atoms with Crippen LogP contribution in [-0.4, -0.2) is 4.57 Å². The fraction of sp³-hybridized carbons (Fsp3) is 0.333. The van der Waals surface area contributed by atoms with E-state index >= 15 is 0 Å². The second-order valence-corrected chi connectivity index (χ2v) is 2.65. The monoisotopic (exact) mass is 178 g/mol. The van der Waals surface area contributed by atoms with Crippen molar-refractivity contribution in [3.8, 4) is 12.2 Å². The van der Waals surface area contributed by atoms with Gasteiger partial charge < -0.3 is 0 Å². The number of hydrogen-bond donors (Lipinski definition) is 0. The Morgan fingerprint density at radius 2 is 2.20 bits per heavy atom. The normalized spacial score (nSPS) is 5.80. The fourth-order valence-corrected chi connectivity index (χ4v) is 0. The Morgan fingerprint density at radius 3 is 2.20 bits per heavy atom. The zero-order chi connectivity index (χ0) is 4.28. The molecule has 0 saturated heterocycles. The van der Waals surface area contributed by atoms with Crippen LogP contribution >= 0.6 is 22.4 Å². The van der Waals surface area contributed by atoms with Crippen LogP contribution in [0.5, 0.6) is 0 Å². The lowest BCUT2D eigenvalue weighted by atomic mass is 9.85. The molecule has 0 aliphatic carbocycles. The Hall–Kier alpha value is 0.355. The van der Waals surface area contributed by atoms with Gasteiger partial charge in [0.25, 0.3) is 4.57 Å². The van der Waals surface area contributed by atoms with Gasteiger partial charge in [-0.1, -0.05) is 6.82 Å². The average Bonchev–Trinajstić information content (AvgIpc) is 1.38. The van der Waals surface area contributed by atoms with Crippen molar-refractivity contribution in [2.75, 3.05) is 0 Å². The largest absolute Gasteiger partial charge is 0.298 e. The maximum atomic E-state index is 4.91. The van der Waals surface area contributed by atoms with Crippen molar-refractivity contribution in [1.82, 2.24) is 0 Å². The summed E-state index contributed by atoms with van der Waals surface area (Å²) in [5.74, 6) is 2.51. The number of halogens is 1. The van der Waals surface area contributed by atoms with Crippen LogP contribution in [0.3, 0.4) is 0 Å². The average molecular weight is 178 g/mol.